The van der Waals surface area contributed by atoms with Crippen LogP contribution in [0.3, 0.4) is 0 Å². The molecule has 0 aromatic heterocycles. The number of phosphoric ester groups is 1. The smallest absolute Gasteiger partial charge is 0.404 e. The van der Waals surface area contributed by atoms with Crippen LogP contribution in [0, 0.1) is 0 Å². The molecule has 0 atom stereocenters. The first-order valence-electron chi connectivity index (χ1n) is 6.21. The standard InChI is InChI=1S/C15H17O4P/c1-15(2,12-8-4-3-5-9-12)13-10-6-7-11-14(13)19-20(16,17)18/h3-11H,1-2H3,(H2,16,17,18). The zero-order chi connectivity index (χ0) is 14.8. The maximum Gasteiger partial charge on any atom is 0.524 e. The fourth-order valence-electron chi connectivity index (χ4n) is 2.20. The van der Waals surface area contributed by atoms with E-state index in [4.69, 9.17) is 14.3 Å². The summed E-state index contributed by atoms with van der Waals surface area (Å²) >= 11 is 0. The van der Waals surface area contributed by atoms with Gasteiger partial charge in [-0.15, -0.1) is 0 Å². The molecule has 0 unspecified atom stereocenters. The van der Waals surface area contributed by atoms with Gasteiger partial charge in [0, 0.05) is 11.0 Å². The summed E-state index contributed by atoms with van der Waals surface area (Å²) in [6.07, 6.45) is 0. The number of hydrogen-bond acceptors (Lipinski definition) is 2. The molecule has 2 rings (SSSR count). The Morgan fingerprint density at radius 2 is 1.50 bits per heavy atom. The number of para-hydroxylation sites is 1. The van der Waals surface area contributed by atoms with Crippen LogP contribution in [-0.4, -0.2) is 9.79 Å². The second kappa shape index (κ2) is 5.41. The van der Waals surface area contributed by atoms with E-state index in [0.717, 1.165) is 11.1 Å². The molecule has 0 radical (unpaired) electrons. The molecule has 2 aromatic carbocycles. The Morgan fingerprint density at radius 3 is 2.10 bits per heavy atom. The molecule has 0 spiro atoms. The third-order valence-electron chi connectivity index (χ3n) is 3.27. The van der Waals surface area contributed by atoms with Gasteiger partial charge in [0.05, 0.1) is 0 Å². The predicted molar refractivity (Wildman–Crippen MR) is 77.7 cm³/mol. The Hall–Kier alpha value is -1.61. The third kappa shape index (κ3) is 3.28. The average Bonchev–Trinajstić information content (AvgIpc) is 2.38. The van der Waals surface area contributed by atoms with Crippen LogP contribution < -0.4 is 4.52 Å². The molecule has 0 heterocycles. The highest BCUT2D eigenvalue weighted by atomic mass is 31.2. The molecular formula is C15H17O4P. The molecule has 0 saturated carbocycles. The zero-order valence-corrected chi connectivity index (χ0v) is 12.2. The molecule has 0 aliphatic carbocycles. The first kappa shape index (κ1) is 14.8. The van der Waals surface area contributed by atoms with Crippen LogP contribution in [0.5, 0.6) is 5.75 Å². The zero-order valence-electron chi connectivity index (χ0n) is 11.4. The Bertz CT molecular complexity index is 631. The second-order valence-corrected chi connectivity index (χ2v) is 6.23. The molecule has 4 nitrogen and oxygen atoms in total. The highest BCUT2D eigenvalue weighted by Gasteiger charge is 2.28. The fraction of sp³-hybridized carbons (Fsp3) is 0.200. The van der Waals surface area contributed by atoms with Crippen molar-refractivity contribution < 1.29 is 18.9 Å². The van der Waals surface area contributed by atoms with Crippen molar-refractivity contribution in [2.45, 2.75) is 19.3 Å². The minimum atomic E-state index is -4.58. The summed E-state index contributed by atoms with van der Waals surface area (Å²) < 4.78 is 15.9. The normalized spacial score (nSPS) is 12.2. The molecule has 0 amide bonds. The lowest BCUT2D eigenvalue weighted by Gasteiger charge is -2.28. The molecular weight excluding hydrogens is 275 g/mol. The highest BCUT2D eigenvalue weighted by Crippen LogP contribution is 2.44. The van der Waals surface area contributed by atoms with Crippen LogP contribution in [-0.2, 0) is 9.98 Å². The second-order valence-electron chi connectivity index (χ2n) is 5.07. The van der Waals surface area contributed by atoms with Gasteiger partial charge < -0.3 is 4.52 Å². The Morgan fingerprint density at radius 1 is 0.950 bits per heavy atom. The monoisotopic (exact) mass is 292 g/mol. The molecule has 0 saturated heterocycles. The first-order valence-corrected chi connectivity index (χ1v) is 7.74. The predicted octanol–water partition coefficient (Wildman–Crippen LogP) is 3.48. The van der Waals surface area contributed by atoms with Crippen molar-refractivity contribution in [1.29, 1.82) is 0 Å². The molecule has 0 fully saturated rings. The van der Waals surface area contributed by atoms with E-state index in [1.807, 2.05) is 56.3 Å². The SMILES string of the molecule is CC(C)(c1ccccc1)c1ccccc1OP(=O)(O)O. The maximum atomic E-state index is 11.1. The van der Waals surface area contributed by atoms with Crippen LogP contribution in [0.25, 0.3) is 0 Å². The van der Waals surface area contributed by atoms with E-state index in [-0.39, 0.29) is 5.75 Å². The van der Waals surface area contributed by atoms with E-state index >= 15 is 0 Å². The first-order chi connectivity index (χ1) is 9.31. The van der Waals surface area contributed by atoms with Gasteiger partial charge in [0.25, 0.3) is 0 Å². The Labute approximate surface area is 118 Å². The van der Waals surface area contributed by atoms with Crippen molar-refractivity contribution >= 4 is 7.82 Å². The minimum Gasteiger partial charge on any atom is -0.404 e. The average molecular weight is 292 g/mol. The molecule has 2 aromatic rings. The van der Waals surface area contributed by atoms with Gasteiger partial charge in [0.15, 0.2) is 0 Å². The number of phosphoric acid groups is 1. The lowest BCUT2D eigenvalue weighted by atomic mass is 9.78. The van der Waals surface area contributed by atoms with Crippen LogP contribution in [0.1, 0.15) is 25.0 Å². The van der Waals surface area contributed by atoms with Gasteiger partial charge in [-0.3, -0.25) is 9.79 Å². The van der Waals surface area contributed by atoms with Gasteiger partial charge >= 0.3 is 7.82 Å². The number of rotatable bonds is 4. The summed E-state index contributed by atoms with van der Waals surface area (Å²) in [5, 5.41) is 0. The van der Waals surface area contributed by atoms with Crippen LogP contribution >= 0.6 is 7.82 Å². The van der Waals surface area contributed by atoms with Crippen LogP contribution in [0.4, 0.5) is 0 Å². The van der Waals surface area contributed by atoms with Crippen molar-refractivity contribution in [3.8, 4) is 5.75 Å². The van der Waals surface area contributed by atoms with Gasteiger partial charge in [0.2, 0.25) is 0 Å². The third-order valence-corrected chi connectivity index (χ3v) is 3.71. The summed E-state index contributed by atoms with van der Waals surface area (Å²) in [6.45, 7) is 3.98. The van der Waals surface area contributed by atoms with E-state index in [1.165, 1.54) is 0 Å². The molecule has 0 aliphatic heterocycles. The molecule has 0 aliphatic rings. The lowest BCUT2D eigenvalue weighted by molar-refractivity contribution is 0.281. The van der Waals surface area contributed by atoms with E-state index in [0.29, 0.717) is 0 Å². The van der Waals surface area contributed by atoms with Gasteiger partial charge in [-0.25, -0.2) is 4.57 Å². The summed E-state index contributed by atoms with van der Waals surface area (Å²) in [7, 11) is -4.58. The fourth-order valence-corrected chi connectivity index (χ4v) is 2.62. The van der Waals surface area contributed by atoms with Crippen molar-refractivity contribution in [2.24, 2.45) is 0 Å². The minimum absolute atomic E-state index is 0.203. The van der Waals surface area contributed by atoms with E-state index < -0.39 is 13.2 Å². The number of benzene rings is 2. The molecule has 106 valence electrons. The van der Waals surface area contributed by atoms with Crippen LogP contribution in [0.15, 0.2) is 54.6 Å². The van der Waals surface area contributed by atoms with Gasteiger partial charge in [-0.05, 0) is 11.6 Å². The summed E-state index contributed by atoms with van der Waals surface area (Å²) in [5.41, 5.74) is 1.35. The lowest BCUT2D eigenvalue weighted by Crippen LogP contribution is -2.19. The molecule has 2 N–H and O–H groups in total. The summed E-state index contributed by atoms with van der Waals surface area (Å²) in [6, 6.07) is 16.7. The molecule has 20 heavy (non-hydrogen) atoms. The Kier molecular flexibility index (Phi) is 4.00. The summed E-state index contributed by atoms with van der Waals surface area (Å²) in [4.78, 5) is 18.0. The van der Waals surface area contributed by atoms with Crippen molar-refractivity contribution in [2.75, 3.05) is 0 Å². The molecule has 5 heteroatoms. The van der Waals surface area contributed by atoms with Crippen LogP contribution in [0.2, 0.25) is 0 Å². The van der Waals surface area contributed by atoms with Crippen molar-refractivity contribution in [3.63, 3.8) is 0 Å². The summed E-state index contributed by atoms with van der Waals surface area (Å²) in [5.74, 6) is 0.203. The van der Waals surface area contributed by atoms with E-state index in [2.05, 4.69) is 0 Å². The van der Waals surface area contributed by atoms with Gasteiger partial charge in [-0.1, -0.05) is 62.4 Å². The maximum absolute atomic E-state index is 11.1. The quantitative estimate of drug-likeness (QED) is 0.847. The van der Waals surface area contributed by atoms with Crippen molar-refractivity contribution in [1.82, 2.24) is 0 Å². The highest BCUT2D eigenvalue weighted by molar-refractivity contribution is 7.46. The topological polar surface area (TPSA) is 66.8 Å². The number of hydrogen-bond donors (Lipinski definition) is 2. The van der Waals surface area contributed by atoms with E-state index in [1.54, 1.807) is 12.1 Å². The molecule has 0 bridgehead atoms. The van der Waals surface area contributed by atoms with Gasteiger partial charge in [0.1, 0.15) is 5.75 Å². The van der Waals surface area contributed by atoms with Crippen molar-refractivity contribution in [3.05, 3.63) is 65.7 Å². The van der Waals surface area contributed by atoms with Gasteiger partial charge in [-0.2, -0.15) is 0 Å². The Balaban J connectivity index is 2.50. The largest absolute Gasteiger partial charge is 0.524 e. The van der Waals surface area contributed by atoms with E-state index in [9.17, 15) is 4.57 Å².